The van der Waals surface area contributed by atoms with Gasteiger partial charge in [0.25, 0.3) is 5.56 Å². The van der Waals surface area contributed by atoms with Crippen LogP contribution >= 0.6 is 23.2 Å². The van der Waals surface area contributed by atoms with Crippen LogP contribution in [0.25, 0.3) is 11.2 Å². The van der Waals surface area contributed by atoms with Crippen molar-refractivity contribution in [3.05, 3.63) is 75.1 Å². The summed E-state index contributed by atoms with van der Waals surface area (Å²) in [6, 6.07) is 10.8. The highest BCUT2D eigenvalue weighted by molar-refractivity contribution is 6.35. The fourth-order valence-electron chi connectivity index (χ4n) is 3.95. The van der Waals surface area contributed by atoms with Gasteiger partial charge in [0, 0.05) is 12.7 Å². The van der Waals surface area contributed by atoms with Crippen molar-refractivity contribution in [2.75, 3.05) is 17.2 Å². The van der Waals surface area contributed by atoms with Crippen LogP contribution in [0.3, 0.4) is 0 Å². The molecule has 0 amide bonds. The van der Waals surface area contributed by atoms with E-state index in [0.29, 0.717) is 39.4 Å². The Labute approximate surface area is 181 Å². The SMILES string of the molecule is Nc1ncnc(N2CCC[C@H]2c2nn3ccc(Cl)c3c(=O)n2-c2ccccc2)c1Cl. The van der Waals surface area contributed by atoms with Crippen molar-refractivity contribution >= 4 is 40.4 Å². The van der Waals surface area contributed by atoms with Crippen molar-refractivity contribution in [2.24, 2.45) is 0 Å². The zero-order valence-electron chi connectivity index (χ0n) is 15.7. The largest absolute Gasteiger partial charge is 0.382 e. The third kappa shape index (κ3) is 2.91. The van der Waals surface area contributed by atoms with Crippen LogP contribution in [-0.4, -0.2) is 30.7 Å². The van der Waals surface area contributed by atoms with E-state index in [4.69, 9.17) is 34.0 Å². The Morgan fingerprint density at radius 3 is 2.70 bits per heavy atom. The average molecular weight is 442 g/mol. The molecule has 0 unspecified atom stereocenters. The fraction of sp³-hybridized carbons (Fsp3) is 0.200. The predicted molar refractivity (Wildman–Crippen MR) is 117 cm³/mol. The van der Waals surface area contributed by atoms with E-state index in [9.17, 15) is 4.79 Å². The molecule has 0 aliphatic carbocycles. The van der Waals surface area contributed by atoms with Gasteiger partial charge >= 0.3 is 0 Å². The molecule has 1 fully saturated rings. The van der Waals surface area contributed by atoms with Gasteiger partial charge in [-0.05, 0) is 31.0 Å². The van der Waals surface area contributed by atoms with E-state index in [1.54, 1.807) is 16.8 Å². The van der Waals surface area contributed by atoms with Gasteiger partial charge in [-0.1, -0.05) is 41.4 Å². The predicted octanol–water partition coefficient (Wildman–Crippen LogP) is 3.51. The smallest absolute Gasteiger partial charge is 0.284 e. The zero-order valence-corrected chi connectivity index (χ0v) is 17.3. The number of benzene rings is 1. The molecule has 0 bridgehead atoms. The molecular weight excluding hydrogens is 425 g/mol. The van der Waals surface area contributed by atoms with Gasteiger partial charge in [0.1, 0.15) is 22.7 Å². The first kappa shape index (κ1) is 18.9. The summed E-state index contributed by atoms with van der Waals surface area (Å²) in [5, 5.41) is 5.43. The minimum Gasteiger partial charge on any atom is -0.382 e. The van der Waals surface area contributed by atoms with Crippen LogP contribution in [0.5, 0.6) is 0 Å². The molecule has 1 atom stereocenters. The molecule has 1 saturated heterocycles. The van der Waals surface area contributed by atoms with Crippen molar-refractivity contribution in [1.29, 1.82) is 0 Å². The third-order valence-corrected chi connectivity index (χ3v) is 5.97. The lowest BCUT2D eigenvalue weighted by Gasteiger charge is -2.28. The topological polar surface area (TPSA) is 94.3 Å². The minimum absolute atomic E-state index is 0.216. The Morgan fingerprint density at radius 1 is 1.10 bits per heavy atom. The van der Waals surface area contributed by atoms with Crippen LogP contribution in [0.1, 0.15) is 24.7 Å². The Bertz CT molecular complexity index is 1300. The number of rotatable bonds is 3. The molecule has 8 nitrogen and oxygen atoms in total. The summed E-state index contributed by atoms with van der Waals surface area (Å²) in [4.78, 5) is 23.8. The van der Waals surface area contributed by atoms with Crippen LogP contribution in [0.2, 0.25) is 10.0 Å². The second-order valence-corrected chi connectivity index (χ2v) is 7.82. The number of aromatic nitrogens is 5. The number of hydrogen-bond acceptors (Lipinski definition) is 6. The first-order chi connectivity index (χ1) is 14.6. The Hall–Kier alpha value is -3.10. The summed E-state index contributed by atoms with van der Waals surface area (Å²) >= 11 is 12.7. The number of nitrogens with zero attached hydrogens (tertiary/aromatic N) is 6. The van der Waals surface area contributed by atoms with E-state index in [1.165, 1.54) is 10.8 Å². The second kappa shape index (κ2) is 7.30. The highest BCUT2D eigenvalue weighted by atomic mass is 35.5. The maximum atomic E-state index is 13.5. The van der Waals surface area contributed by atoms with Gasteiger partial charge in [0.2, 0.25) is 0 Å². The highest BCUT2D eigenvalue weighted by Gasteiger charge is 2.34. The summed E-state index contributed by atoms with van der Waals surface area (Å²) in [5.41, 5.74) is 6.70. The number of nitrogen functional groups attached to an aromatic ring is 1. The molecule has 10 heteroatoms. The summed E-state index contributed by atoms with van der Waals surface area (Å²) in [7, 11) is 0. The summed E-state index contributed by atoms with van der Waals surface area (Å²) in [6.45, 7) is 0.704. The molecule has 5 rings (SSSR count). The lowest BCUT2D eigenvalue weighted by molar-refractivity contribution is 0.601. The lowest BCUT2D eigenvalue weighted by atomic mass is 10.2. The van der Waals surface area contributed by atoms with Crippen molar-refractivity contribution in [3.63, 3.8) is 0 Å². The van der Waals surface area contributed by atoms with Gasteiger partial charge < -0.3 is 10.6 Å². The van der Waals surface area contributed by atoms with E-state index in [2.05, 4.69) is 9.97 Å². The van der Waals surface area contributed by atoms with Gasteiger partial charge in [0.15, 0.2) is 11.6 Å². The first-order valence-electron chi connectivity index (χ1n) is 9.44. The number of hydrogen-bond donors (Lipinski definition) is 1. The number of para-hydroxylation sites is 1. The van der Waals surface area contributed by atoms with E-state index < -0.39 is 0 Å². The van der Waals surface area contributed by atoms with Crippen LogP contribution in [0.15, 0.2) is 53.7 Å². The summed E-state index contributed by atoms with van der Waals surface area (Å²) < 4.78 is 3.15. The first-order valence-corrected chi connectivity index (χ1v) is 10.2. The maximum Gasteiger partial charge on any atom is 0.284 e. The number of halogens is 2. The van der Waals surface area contributed by atoms with Gasteiger partial charge in [-0.2, -0.15) is 5.10 Å². The van der Waals surface area contributed by atoms with Crippen LogP contribution < -0.4 is 16.2 Å². The Balaban J connectivity index is 1.76. The van der Waals surface area contributed by atoms with Crippen molar-refractivity contribution in [1.82, 2.24) is 24.1 Å². The molecule has 0 spiro atoms. The molecule has 2 N–H and O–H groups in total. The standard InChI is InChI=1S/C20H17Cl2N7O/c21-13-8-10-28-16(13)20(30)29(12-5-2-1-3-6-12)18(26-28)14-7-4-9-27(14)19-15(22)17(23)24-11-25-19/h1-3,5-6,8,10-11,14H,4,7,9H2,(H2,23,24,25)/t14-/m0/s1. The van der Waals surface area contributed by atoms with Crippen LogP contribution in [0, 0.1) is 0 Å². The Kier molecular flexibility index (Phi) is 4.60. The van der Waals surface area contributed by atoms with Crippen LogP contribution in [0.4, 0.5) is 11.6 Å². The normalized spacial score (nSPS) is 16.5. The molecule has 4 aromatic rings. The maximum absolute atomic E-state index is 13.5. The molecule has 1 aliphatic rings. The van der Waals surface area contributed by atoms with Crippen molar-refractivity contribution in [2.45, 2.75) is 18.9 Å². The third-order valence-electron chi connectivity index (χ3n) is 5.30. The van der Waals surface area contributed by atoms with Crippen molar-refractivity contribution in [3.8, 4) is 5.69 Å². The highest BCUT2D eigenvalue weighted by Crippen LogP contribution is 2.39. The Morgan fingerprint density at radius 2 is 1.90 bits per heavy atom. The number of fused-ring (bicyclic) bond motifs is 1. The molecule has 0 saturated carbocycles. The van der Waals surface area contributed by atoms with Crippen molar-refractivity contribution < 1.29 is 0 Å². The average Bonchev–Trinajstić information content (AvgIpc) is 3.37. The van der Waals surface area contributed by atoms with Gasteiger partial charge in [-0.15, -0.1) is 0 Å². The molecule has 30 heavy (non-hydrogen) atoms. The van der Waals surface area contributed by atoms with Crippen LogP contribution in [-0.2, 0) is 0 Å². The summed E-state index contributed by atoms with van der Waals surface area (Å²) in [5.74, 6) is 1.33. The monoisotopic (exact) mass is 441 g/mol. The number of nitrogens with two attached hydrogens (primary N) is 1. The molecule has 1 aromatic carbocycles. The van der Waals surface area contributed by atoms with E-state index in [1.807, 2.05) is 35.2 Å². The molecule has 1 aliphatic heterocycles. The van der Waals surface area contributed by atoms with E-state index in [0.717, 1.165) is 12.8 Å². The minimum atomic E-state index is -0.235. The molecule has 0 radical (unpaired) electrons. The van der Waals surface area contributed by atoms with E-state index >= 15 is 0 Å². The van der Waals surface area contributed by atoms with E-state index in [-0.39, 0.29) is 17.4 Å². The lowest BCUT2D eigenvalue weighted by Crippen LogP contribution is -2.33. The van der Waals surface area contributed by atoms with Gasteiger partial charge in [-0.3, -0.25) is 9.36 Å². The molecule has 3 aromatic heterocycles. The number of anilines is 2. The van der Waals surface area contributed by atoms with Gasteiger partial charge in [0.05, 0.1) is 16.8 Å². The second-order valence-electron chi connectivity index (χ2n) is 7.04. The fourth-order valence-corrected chi connectivity index (χ4v) is 4.38. The summed E-state index contributed by atoms with van der Waals surface area (Å²) in [6.07, 6.45) is 4.74. The molecule has 4 heterocycles. The molecule has 152 valence electrons. The van der Waals surface area contributed by atoms with Gasteiger partial charge in [-0.25, -0.2) is 14.5 Å². The molecular formula is C20H17Cl2N7O. The zero-order chi connectivity index (χ0) is 20.8. The quantitative estimate of drug-likeness (QED) is 0.522.